The Morgan fingerprint density at radius 3 is 2.52 bits per heavy atom. The van der Waals surface area contributed by atoms with E-state index < -0.39 is 0 Å². The van der Waals surface area contributed by atoms with Crippen molar-refractivity contribution in [2.75, 3.05) is 20.2 Å². The molecule has 3 N–H and O–H groups in total. The second kappa shape index (κ2) is 8.67. The van der Waals surface area contributed by atoms with Gasteiger partial charge >= 0.3 is 0 Å². The Balaban J connectivity index is 2.30. The van der Waals surface area contributed by atoms with Crippen LogP contribution in [0.5, 0.6) is 5.75 Å². The van der Waals surface area contributed by atoms with Gasteiger partial charge in [-0.1, -0.05) is 26.0 Å². The van der Waals surface area contributed by atoms with Crippen molar-refractivity contribution in [3.63, 3.8) is 0 Å². The van der Waals surface area contributed by atoms with E-state index in [1.165, 1.54) is 0 Å². The van der Waals surface area contributed by atoms with Crippen LogP contribution >= 0.6 is 0 Å². The standard InChI is InChI=1S/C17H28N2O2/c1-17(2,11-4-12-18)13-19-16(20)10-7-14-5-8-15(21-3)9-6-14/h5-6,8-9H,4,7,10-13,18H2,1-3H3,(H,19,20). The third kappa shape index (κ3) is 7.14. The molecule has 0 saturated carbocycles. The van der Waals surface area contributed by atoms with E-state index in [4.69, 9.17) is 10.5 Å². The van der Waals surface area contributed by atoms with Crippen LogP contribution in [0.2, 0.25) is 0 Å². The summed E-state index contributed by atoms with van der Waals surface area (Å²) < 4.78 is 5.11. The molecule has 4 heteroatoms. The van der Waals surface area contributed by atoms with Crippen LogP contribution in [0.4, 0.5) is 0 Å². The van der Waals surface area contributed by atoms with E-state index in [1.54, 1.807) is 7.11 Å². The smallest absolute Gasteiger partial charge is 0.220 e. The fourth-order valence-electron chi connectivity index (χ4n) is 2.15. The number of hydrogen-bond donors (Lipinski definition) is 2. The van der Waals surface area contributed by atoms with Crippen LogP contribution in [0.25, 0.3) is 0 Å². The van der Waals surface area contributed by atoms with Crippen molar-refractivity contribution in [1.29, 1.82) is 0 Å². The minimum atomic E-state index is 0.103. The molecule has 0 bridgehead atoms. The summed E-state index contributed by atoms with van der Waals surface area (Å²) in [6.07, 6.45) is 3.29. The average Bonchev–Trinajstić information content (AvgIpc) is 2.49. The highest BCUT2D eigenvalue weighted by atomic mass is 16.5. The zero-order chi connectivity index (χ0) is 15.7. The van der Waals surface area contributed by atoms with Crippen molar-refractivity contribution in [2.24, 2.45) is 11.1 Å². The number of carbonyl (C=O) groups excluding carboxylic acids is 1. The fraction of sp³-hybridized carbons (Fsp3) is 0.588. The van der Waals surface area contributed by atoms with Gasteiger partial charge in [-0.3, -0.25) is 4.79 Å². The monoisotopic (exact) mass is 292 g/mol. The van der Waals surface area contributed by atoms with Gasteiger partial charge in [-0.15, -0.1) is 0 Å². The molecule has 0 aliphatic carbocycles. The number of nitrogens with two attached hydrogens (primary N) is 1. The molecule has 1 aromatic carbocycles. The molecular weight excluding hydrogens is 264 g/mol. The lowest BCUT2D eigenvalue weighted by Crippen LogP contribution is -2.34. The number of aryl methyl sites for hydroxylation is 1. The molecule has 4 nitrogen and oxygen atoms in total. The highest BCUT2D eigenvalue weighted by molar-refractivity contribution is 5.76. The normalized spacial score (nSPS) is 11.2. The van der Waals surface area contributed by atoms with Crippen molar-refractivity contribution in [3.05, 3.63) is 29.8 Å². The molecule has 0 atom stereocenters. The Kier molecular flexibility index (Phi) is 7.23. The molecule has 0 unspecified atom stereocenters. The molecule has 0 aliphatic rings. The summed E-state index contributed by atoms with van der Waals surface area (Å²) in [5, 5.41) is 3.02. The average molecular weight is 292 g/mol. The van der Waals surface area contributed by atoms with Crippen molar-refractivity contribution in [2.45, 2.75) is 39.5 Å². The number of benzene rings is 1. The van der Waals surface area contributed by atoms with Crippen molar-refractivity contribution in [1.82, 2.24) is 5.32 Å². The first kappa shape index (κ1) is 17.5. The molecule has 0 aliphatic heterocycles. The highest BCUT2D eigenvalue weighted by Gasteiger charge is 2.17. The summed E-state index contributed by atoms with van der Waals surface area (Å²) in [6, 6.07) is 7.83. The number of ether oxygens (including phenoxy) is 1. The summed E-state index contributed by atoms with van der Waals surface area (Å²) >= 11 is 0. The Bertz CT molecular complexity index is 427. The number of methoxy groups -OCH3 is 1. The SMILES string of the molecule is COc1ccc(CCC(=O)NCC(C)(C)CCCN)cc1. The Hall–Kier alpha value is -1.55. The number of hydrogen-bond acceptors (Lipinski definition) is 3. The lowest BCUT2D eigenvalue weighted by atomic mass is 9.87. The third-order valence-corrected chi connectivity index (χ3v) is 3.62. The van der Waals surface area contributed by atoms with Gasteiger partial charge in [-0.25, -0.2) is 0 Å². The predicted molar refractivity (Wildman–Crippen MR) is 86.4 cm³/mol. The molecule has 1 amide bonds. The van der Waals surface area contributed by atoms with Crippen LogP contribution in [-0.2, 0) is 11.2 Å². The van der Waals surface area contributed by atoms with Crippen LogP contribution in [0.15, 0.2) is 24.3 Å². The molecule has 0 saturated heterocycles. The highest BCUT2D eigenvalue weighted by Crippen LogP contribution is 2.20. The van der Waals surface area contributed by atoms with Gasteiger partial charge in [0.25, 0.3) is 0 Å². The largest absolute Gasteiger partial charge is 0.497 e. The van der Waals surface area contributed by atoms with Crippen LogP contribution in [0, 0.1) is 5.41 Å². The molecular formula is C17H28N2O2. The fourth-order valence-corrected chi connectivity index (χ4v) is 2.15. The van der Waals surface area contributed by atoms with Crippen molar-refractivity contribution in [3.8, 4) is 5.75 Å². The maximum atomic E-state index is 11.9. The van der Waals surface area contributed by atoms with Gasteiger partial charge in [-0.2, -0.15) is 0 Å². The molecule has 1 aromatic rings. The van der Waals surface area contributed by atoms with Crippen molar-refractivity contribution < 1.29 is 9.53 Å². The molecule has 118 valence electrons. The number of amides is 1. The molecule has 0 radical (unpaired) electrons. The van der Waals surface area contributed by atoms with Gasteiger partial charge < -0.3 is 15.8 Å². The Morgan fingerprint density at radius 1 is 1.29 bits per heavy atom. The summed E-state index contributed by atoms with van der Waals surface area (Å²) in [4.78, 5) is 11.9. The molecule has 0 fully saturated rings. The van der Waals surface area contributed by atoms with Crippen LogP contribution in [-0.4, -0.2) is 26.1 Å². The Labute approximate surface area is 128 Å². The first-order valence-corrected chi connectivity index (χ1v) is 7.56. The molecule has 0 spiro atoms. The van der Waals surface area contributed by atoms with E-state index in [1.807, 2.05) is 24.3 Å². The van der Waals surface area contributed by atoms with Crippen molar-refractivity contribution >= 4 is 5.91 Å². The minimum absolute atomic E-state index is 0.103. The van der Waals surface area contributed by atoms with Gasteiger partial charge in [-0.05, 0) is 48.9 Å². The topological polar surface area (TPSA) is 64.3 Å². The van der Waals surface area contributed by atoms with Gasteiger partial charge in [0.05, 0.1) is 7.11 Å². The van der Waals surface area contributed by atoms with E-state index in [0.29, 0.717) is 19.5 Å². The molecule has 1 rings (SSSR count). The van der Waals surface area contributed by atoms with Crippen LogP contribution < -0.4 is 15.8 Å². The Morgan fingerprint density at radius 2 is 1.95 bits per heavy atom. The summed E-state index contributed by atoms with van der Waals surface area (Å²) in [6.45, 7) is 5.72. The first-order chi connectivity index (χ1) is 9.96. The van der Waals surface area contributed by atoms with E-state index in [9.17, 15) is 4.79 Å². The van der Waals surface area contributed by atoms with E-state index in [0.717, 1.165) is 30.6 Å². The summed E-state index contributed by atoms with van der Waals surface area (Å²) in [7, 11) is 1.65. The van der Waals surface area contributed by atoms with Crippen LogP contribution in [0.3, 0.4) is 0 Å². The maximum Gasteiger partial charge on any atom is 0.220 e. The lowest BCUT2D eigenvalue weighted by Gasteiger charge is -2.24. The lowest BCUT2D eigenvalue weighted by molar-refractivity contribution is -0.121. The van der Waals surface area contributed by atoms with Gasteiger partial charge in [0.1, 0.15) is 5.75 Å². The summed E-state index contributed by atoms with van der Waals surface area (Å²) in [5.74, 6) is 0.941. The molecule has 0 aromatic heterocycles. The summed E-state index contributed by atoms with van der Waals surface area (Å²) in [5.41, 5.74) is 6.78. The van der Waals surface area contributed by atoms with Crippen LogP contribution in [0.1, 0.15) is 38.7 Å². The van der Waals surface area contributed by atoms with Gasteiger partial charge in [0, 0.05) is 13.0 Å². The zero-order valence-electron chi connectivity index (χ0n) is 13.4. The van der Waals surface area contributed by atoms with E-state index in [-0.39, 0.29) is 11.3 Å². The molecule has 0 heterocycles. The predicted octanol–water partition coefficient (Wildman–Crippen LogP) is 2.51. The van der Waals surface area contributed by atoms with E-state index >= 15 is 0 Å². The second-order valence-electron chi connectivity index (χ2n) is 6.18. The number of carbonyl (C=O) groups is 1. The third-order valence-electron chi connectivity index (χ3n) is 3.62. The first-order valence-electron chi connectivity index (χ1n) is 7.56. The maximum absolute atomic E-state index is 11.9. The van der Waals surface area contributed by atoms with Gasteiger partial charge in [0.15, 0.2) is 0 Å². The minimum Gasteiger partial charge on any atom is -0.497 e. The van der Waals surface area contributed by atoms with E-state index in [2.05, 4.69) is 19.2 Å². The second-order valence-corrected chi connectivity index (χ2v) is 6.18. The zero-order valence-corrected chi connectivity index (χ0v) is 13.4. The quantitative estimate of drug-likeness (QED) is 0.735. The number of rotatable bonds is 9. The number of nitrogens with one attached hydrogen (secondary N) is 1. The molecule has 21 heavy (non-hydrogen) atoms. The van der Waals surface area contributed by atoms with Gasteiger partial charge in [0.2, 0.25) is 5.91 Å².